The van der Waals surface area contributed by atoms with Crippen molar-refractivity contribution in [1.82, 2.24) is 15.1 Å². The minimum absolute atomic E-state index is 0.0340. The van der Waals surface area contributed by atoms with Gasteiger partial charge >= 0.3 is 6.03 Å². The Balaban J connectivity index is 1.70. The normalized spacial score (nSPS) is 22.5. The maximum absolute atomic E-state index is 12.3. The average molecular weight is 277 g/mol. The number of hydrogen-bond donors (Lipinski definition) is 1. The molecule has 0 unspecified atom stereocenters. The largest absolute Gasteiger partial charge is 0.467 e. The van der Waals surface area contributed by atoms with Crippen LogP contribution in [0.1, 0.15) is 24.6 Å². The second kappa shape index (κ2) is 4.99. The molecule has 0 saturated carbocycles. The van der Waals surface area contributed by atoms with Crippen LogP contribution in [0.5, 0.6) is 0 Å². The number of carbonyl (C=O) groups is 3. The average Bonchev–Trinajstić information content (AvgIpc) is 3.13. The summed E-state index contributed by atoms with van der Waals surface area (Å²) in [5, 5.41) is 2.40. The highest BCUT2D eigenvalue weighted by molar-refractivity contribution is 6.04. The Morgan fingerprint density at radius 1 is 1.45 bits per heavy atom. The van der Waals surface area contributed by atoms with Crippen molar-refractivity contribution in [3.63, 3.8) is 0 Å². The monoisotopic (exact) mass is 277 g/mol. The van der Waals surface area contributed by atoms with Crippen molar-refractivity contribution < 1.29 is 18.8 Å². The summed E-state index contributed by atoms with van der Waals surface area (Å²) in [6.07, 6.45) is 3.30. The van der Waals surface area contributed by atoms with Crippen molar-refractivity contribution in [1.29, 1.82) is 0 Å². The number of nitrogens with zero attached hydrogens (tertiary/aromatic N) is 2. The Kier molecular flexibility index (Phi) is 3.17. The van der Waals surface area contributed by atoms with Crippen LogP contribution in [0, 0.1) is 0 Å². The molecule has 106 valence electrons. The van der Waals surface area contributed by atoms with Crippen LogP contribution in [0.2, 0.25) is 0 Å². The minimum Gasteiger partial charge on any atom is -0.467 e. The SMILES string of the molecule is O=C1CNC(=O)N1CC(=O)N1CCC[C@H]1c1ccco1. The lowest BCUT2D eigenvalue weighted by atomic mass is 10.1. The first-order valence-electron chi connectivity index (χ1n) is 6.58. The summed E-state index contributed by atoms with van der Waals surface area (Å²) in [6.45, 7) is 0.378. The van der Waals surface area contributed by atoms with Crippen LogP contribution in [-0.4, -0.2) is 47.3 Å². The summed E-state index contributed by atoms with van der Waals surface area (Å²) < 4.78 is 5.36. The number of likely N-dealkylation sites (tertiary alicyclic amines) is 1. The Morgan fingerprint density at radius 2 is 2.30 bits per heavy atom. The van der Waals surface area contributed by atoms with Gasteiger partial charge in [-0.3, -0.25) is 14.5 Å². The lowest BCUT2D eigenvalue weighted by Gasteiger charge is -2.24. The van der Waals surface area contributed by atoms with E-state index < -0.39 is 6.03 Å². The second-order valence-corrected chi connectivity index (χ2v) is 4.90. The highest BCUT2D eigenvalue weighted by Crippen LogP contribution is 2.32. The van der Waals surface area contributed by atoms with Gasteiger partial charge in [0.2, 0.25) is 5.91 Å². The molecule has 2 aliphatic rings. The zero-order valence-electron chi connectivity index (χ0n) is 10.9. The molecule has 0 aliphatic carbocycles. The van der Waals surface area contributed by atoms with Gasteiger partial charge in [0, 0.05) is 6.54 Å². The van der Waals surface area contributed by atoms with E-state index in [2.05, 4.69) is 5.32 Å². The van der Waals surface area contributed by atoms with Gasteiger partial charge in [-0.1, -0.05) is 0 Å². The minimum atomic E-state index is -0.503. The van der Waals surface area contributed by atoms with E-state index in [1.807, 2.05) is 6.07 Å². The molecule has 1 N–H and O–H groups in total. The number of carbonyl (C=O) groups excluding carboxylic acids is 3. The third-order valence-corrected chi connectivity index (χ3v) is 3.68. The summed E-state index contributed by atoms with van der Waals surface area (Å²) in [5.41, 5.74) is 0. The van der Waals surface area contributed by atoms with Gasteiger partial charge in [-0.15, -0.1) is 0 Å². The molecule has 2 aliphatic heterocycles. The zero-order chi connectivity index (χ0) is 14.1. The molecule has 7 nitrogen and oxygen atoms in total. The number of hydrogen-bond acceptors (Lipinski definition) is 4. The Hall–Kier alpha value is -2.31. The molecule has 4 amide bonds. The number of rotatable bonds is 3. The predicted octanol–water partition coefficient (Wildman–Crippen LogP) is 0.495. The Labute approximate surface area is 115 Å². The van der Waals surface area contributed by atoms with Crippen molar-refractivity contribution in [3.8, 4) is 0 Å². The van der Waals surface area contributed by atoms with Gasteiger partial charge in [0.25, 0.3) is 5.91 Å². The topological polar surface area (TPSA) is 82.9 Å². The molecule has 3 heterocycles. The van der Waals surface area contributed by atoms with Gasteiger partial charge in [-0.2, -0.15) is 0 Å². The lowest BCUT2D eigenvalue weighted by molar-refractivity contribution is -0.137. The van der Waals surface area contributed by atoms with Crippen LogP contribution in [-0.2, 0) is 9.59 Å². The van der Waals surface area contributed by atoms with Gasteiger partial charge in [0.15, 0.2) is 0 Å². The summed E-state index contributed by atoms with van der Waals surface area (Å²) >= 11 is 0. The van der Waals surface area contributed by atoms with Gasteiger partial charge in [0.1, 0.15) is 12.3 Å². The molecule has 3 rings (SSSR count). The maximum Gasteiger partial charge on any atom is 0.325 e. The van der Waals surface area contributed by atoms with Crippen molar-refractivity contribution in [3.05, 3.63) is 24.2 Å². The molecular formula is C13H15N3O4. The maximum atomic E-state index is 12.3. The van der Waals surface area contributed by atoms with Gasteiger partial charge < -0.3 is 14.6 Å². The van der Waals surface area contributed by atoms with E-state index in [1.54, 1.807) is 17.2 Å². The van der Waals surface area contributed by atoms with E-state index in [-0.39, 0.29) is 30.9 Å². The summed E-state index contributed by atoms with van der Waals surface area (Å²) in [6, 6.07) is 3.02. The molecule has 1 aromatic rings. The van der Waals surface area contributed by atoms with Crippen LogP contribution in [0.15, 0.2) is 22.8 Å². The summed E-state index contributed by atoms with van der Waals surface area (Å²) in [5.74, 6) is 0.152. The second-order valence-electron chi connectivity index (χ2n) is 4.90. The van der Waals surface area contributed by atoms with Crippen LogP contribution in [0.3, 0.4) is 0 Å². The third-order valence-electron chi connectivity index (χ3n) is 3.68. The van der Waals surface area contributed by atoms with E-state index in [4.69, 9.17) is 4.42 Å². The van der Waals surface area contributed by atoms with Crippen LogP contribution >= 0.6 is 0 Å². The van der Waals surface area contributed by atoms with Gasteiger partial charge in [-0.25, -0.2) is 4.79 Å². The van der Waals surface area contributed by atoms with E-state index in [0.717, 1.165) is 23.5 Å². The highest BCUT2D eigenvalue weighted by atomic mass is 16.3. The summed E-state index contributed by atoms with van der Waals surface area (Å²) in [7, 11) is 0. The molecule has 0 bridgehead atoms. The first-order chi connectivity index (χ1) is 9.66. The van der Waals surface area contributed by atoms with E-state index in [1.165, 1.54) is 0 Å². The van der Waals surface area contributed by atoms with Crippen LogP contribution in [0.25, 0.3) is 0 Å². The number of imide groups is 1. The highest BCUT2D eigenvalue weighted by Gasteiger charge is 2.36. The predicted molar refractivity (Wildman–Crippen MR) is 67.5 cm³/mol. The molecule has 2 saturated heterocycles. The molecule has 2 fully saturated rings. The van der Waals surface area contributed by atoms with Crippen molar-refractivity contribution in [2.45, 2.75) is 18.9 Å². The van der Waals surface area contributed by atoms with Crippen molar-refractivity contribution in [2.24, 2.45) is 0 Å². The fraction of sp³-hybridized carbons (Fsp3) is 0.462. The number of nitrogens with one attached hydrogen (secondary N) is 1. The molecule has 0 spiro atoms. The Morgan fingerprint density at radius 3 is 2.95 bits per heavy atom. The van der Waals surface area contributed by atoms with E-state index >= 15 is 0 Å². The van der Waals surface area contributed by atoms with Crippen molar-refractivity contribution >= 4 is 17.8 Å². The fourth-order valence-corrected chi connectivity index (χ4v) is 2.68. The van der Waals surface area contributed by atoms with E-state index in [0.29, 0.717) is 6.54 Å². The molecule has 7 heteroatoms. The van der Waals surface area contributed by atoms with E-state index in [9.17, 15) is 14.4 Å². The van der Waals surface area contributed by atoms with Gasteiger partial charge in [-0.05, 0) is 25.0 Å². The first kappa shape index (κ1) is 12.7. The number of urea groups is 1. The molecule has 20 heavy (non-hydrogen) atoms. The summed E-state index contributed by atoms with van der Waals surface area (Å²) in [4.78, 5) is 37.9. The van der Waals surface area contributed by atoms with Crippen LogP contribution in [0.4, 0.5) is 4.79 Å². The number of amides is 4. The lowest BCUT2D eigenvalue weighted by Crippen LogP contribution is -2.42. The Bertz CT molecular complexity index is 524. The standard InChI is InChI=1S/C13H15N3O4/c17-11-7-14-13(19)16(11)8-12(18)15-5-1-3-9(15)10-4-2-6-20-10/h2,4,6,9H,1,3,5,7-8H2,(H,14,19)/t9-/m0/s1. The first-order valence-corrected chi connectivity index (χ1v) is 6.58. The smallest absolute Gasteiger partial charge is 0.325 e. The molecule has 1 atom stereocenters. The molecule has 1 aromatic heterocycles. The molecule has 0 aromatic carbocycles. The van der Waals surface area contributed by atoms with Crippen molar-refractivity contribution in [2.75, 3.05) is 19.6 Å². The molecular weight excluding hydrogens is 262 g/mol. The number of furan rings is 1. The molecule has 0 radical (unpaired) electrons. The fourth-order valence-electron chi connectivity index (χ4n) is 2.68. The quantitative estimate of drug-likeness (QED) is 0.815. The van der Waals surface area contributed by atoms with Gasteiger partial charge in [0.05, 0.1) is 18.8 Å². The van der Waals surface area contributed by atoms with Crippen LogP contribution < -0.4 is 5.32 Å². The zero-order valence-corrected chi connectivity index (χ0v) is 10.9. The third kappa shape index (κ3) is 2.15.